The molecule has 1 rings (SSSR count). The number of carbonyl (C=O) groups is 2. The van der Waals surface area contributed by atoms with Gasteiger partial charge in [-0.3, -0.25) is 9.59 Å². The van der Waals surface area contributed by atoms with Crippen LogP contribution >= 0.6 is 0 Å². The molecule has 0 radical (unpaired) electrons. The van der Waals surface area contributed by atoms with Gasteiger partial charge in [0.25, 0.3) is 0 Å². The first-order chi connectivity index (χ1) is 15.2. The molecule has 0 aromatic heterocycles. The number of aliphatic hydroxyl groups excluding tert-OH is 2. The van der Waals surface area contributed by atoms with Crippen molar-refractivity contribution >= 4 is 11.8 Å². The number of rotatable bonds is 7. The molecule has 4 N–H and O–H groups in total. The van der Waals surface area contributed by atoms with Crippen molar-refractivity contribution in [3.05, 3.63) is 0 Å². The summed E-state index contributed by atoms with van der Waals surface area (Å²) in [6, 6.07) is -0.551. The van der Waals surface area contributed by atoms with Gasteiger partial charge in [-0.1, -0.05) is 27.2 Å². The molecule has 0 aromatic carbocycles. The van der Waals surface area contributed by atoms with Gasteiger partial charge in [-0.15, -0.1) is 0 Å². The Labute approximate surface area is 193 Å². The smallest absolute Gasteiger partial charge is 0.239 e. The van der Waals surface area contributed by atoms with Crippen LogP contribution in [-0.4, -0.2) is 102 Å². The van der Waals surface area contributed by atoms with Crippen molar-refractivity contribution in [3.63, 3.8) is 0 Å². The maximum absolute atomic E-state index is 12.8. The highest BCUT2D eigenvalue weighted by molar-refractivity contribution is 5.81. The second-order valence-corrected chi connectivity index (χ2v) is 9.12. The van der Waals surface area contributed by atoms with Gasteiger partial charge in [-0.05, 0) is 31.6 Å². The number of carbonyl (C=O) groups excluding carboxylic acids is 2. The zero-order valence-electron chi connectivity index (χ0n) is 20.4. The zero-order chi connectivity index (χ0) is 24.1. The summed E-state index contributed by atoms with van der Waals surface area (Å²) < 4.78 is 11.4. The molecule has 1 aliphatic heterocycles. The summed E-state index contributed by atoms with van der Waals surface area (Å²) >= 11 is 0. The van der Waals surface area contributed by atoms with Crippen molar-refractivity contribution in [2.75, 3.05) is 46.0 Å². The van der Waals surface area contributed by atoms with Gasteiger partial charge in [-0.25, -0.2) is 0 Å². The number of amides is 2. The standard InChI is InChI=1S/C23H45N3O6/c1-5-8-19(24)23(30)25-10-6-7-13-31-16-20(28)22(29)21(32-14-9-17(2)3)15-26(12-11-25)18(4)27/h17,19-22,28-29H,5-16,24H2,1-4H3/t19-,20+,21+,22+/m0/s1. The van der Waals surface area contributed by atoms with Crippen molar-refractivity contribution < 1.29 is 29.3 Å². The van der Waals surface area contributed by atoms with E-state index in [1.807, 2.05) is 6.92 Å². The molecule has 0 saturated carbocycles. The van der Waals surface area contributed by atoms with Crippen LogP contribution in [0.3, 0.4) is 0 Å². The van der Waals surface area contributed by atoms with Crippen LogP contribution in [0.4, 0.5) is 0 Å². The molecule has 1 heterocycles. The van der Waals surface area contributed by atoms with E-state index in [0.29, 0.717) is 51.6 Å². The molecule has 32 heavy (non-hydrogen) atoms. The lowest BCUT2D eigenvalue weighted by atomic mass is 10.1. The van der Waals surface area contributed by atoms with Crippen LogP contribution in [0.1, 0.15) is 59.8 Å². The maximum atomic E-state index is 12.8. The molecule has 0 bridgehead atoms. The van der Waals surface area contributed by atoms with Crippen LogP contribution in [0.25, 0.3) is 0 Å². The van der Waals surface area contributed by atoms with Gasteiger partial charge >= 0.3 is 0 Å². The summed E-state index contributed by atoms with van der Waals surface area (Å²) in [5.74, 6) is 0.135. The maximum Gasteiger partial charge on any atom is 0.239 e. The average Bonchev–Trinajstić information content (AvgIpc) is 2.73. The van der Waals surface area contributed by atoms with E-state index in [-0.39, 0.29) is 25.0 Å². The molecule has 0 unspecified atom stereocenters. The van der Waals surface area contributed by atoms with Crippen molar-refractivity contribution in [2.24, 2.45) is 11.7 Å². The Hall–Kier alpha value is -1.26. The average molecular weight is 460 g/mol. The number of hydrogen-bond donors (Lipinski definition) is 3. The predicted octanol–water partition coefficient (Wildman–Crippen LogP) is 0.754. The van der Waals surface area contributed by atoms with E-state index in [9.17, 15) is 19.8 Å². The number of aliphatic hydroxyl groups is 2. The minimum Gasteiger partial charge on any atom is -0.388 e. The van der Waals surface area contributed by atoms with Gasteiger partial charge in [0.15, 0.2) is 0 Å². The van der Waals surface area contributed by atoms with Crippen LogP contribution in [0.2, 0.25) is 0 Å². The summed E-state index contributed by atoms with van der Waals surface area (Å²) in [7, 11) is 0. The first kappa shape index (κ1) is 28.8. The Morgan fingerprint density at radius 3 is 2.44 bits per heavy atom. The van der Waals surface area contributed by atoms with Gasteiger partial charge in [0.2, 0.25) is 11.8 Å². The second kappa shape index (κ2) is 15.6. The minimum absolute atomic E-state index is 0.0186. The van der Waals surface area contributed by atoms with Crippen LogP contribution in [0, 0.1) is 5.92 Å². The molecule has 1 saturated heterocycles. The largest absolute Gasteiger partial charge is 0.388 e. The van der Waals surface area contributed by atoms with Gasteiger partial charge in [0.1, 0.15) is 18.3 Å². The fourth-order valence-corrected chi connectivity index (χ4v) is 3.61. The fourth-order valence-electron chi connectivity index (χ4n) is 3.61. The van der Waals surface area contributed by atoms with Gasteiger partial charge < -0.3 is 35.2 Å². The molecule has 9 heteroatoms. The van der Waals surface area contributed by atoms with E-state index in [4.69, 9.17) is 15.2 Å². The van der Waals surface area contributed by atoms with E-state index >= 15 is 0 Å². The van der Waals surface area contributed by atoms with Crippen LogP contribution < -0.4 is 5.73 Å². The molecule has 9 nitrogen and oxygen atoms in total. The second-order valence-electron chi connectivity index (χ2n) is 9.12. The van der Waals surface area contributed by atoms with Crippen molar-refractivity contribution in [1.82, 2.24) is 9.80 Å². The summed E-state index contributed by atoms with van der Waals surface area (Å²) in [5, 5.41) is 21.1. The van der Waals surface area contributed by atoms with Crippen molar-refractivity contribution in [1.29, 1.82) is 0 Å². The molecular weight excluding hydrogens is 414 g/mol. The molecular formula is C23H45N3O6. The predicted molar refractivity (Wildman–Crippen MR) is 123 cm³/mol. The number of nitrogens with two attached hydrogens (primary N) is 1. The molecule has 4 atom stereocenters. The highest BCUT2D eigenvalue weighted by atomic mass is 16.5. The first-order valence-corrected chi connectivity index (χ1v) is 12.0. The zero-order valence-corrected chi connectivity index (χ0v) is 20.4. The van der Waals surface area contributed by atoms with E-state index in [0.717, 1.165) is 19.3 Å². The lowest BCUT2D eigenvalue weighted by Gasteiger charge is -2.34. The topological polar surface area (TPSA) is 126 Å². The highest BCUT2D eigenvalue weighted by Gasteiger charge is 2.31. The monoisotopic (exact) mass is 459 g/mol. The summed E-state index contributed by atoms with van der Waals surface area (Å²) in [6.07, 6.45) is 0.612. The summed E-state index contributed by atoms with van der Waals surface area (Å²) in [6.45, 7) is 9.73. The molecule has 1 aliphatic rings. The molecule has 0 aromatic rings. The lowest BCUT2D eigenvalue weighted by Crippen LogP contribution is -2.51. The van der Waals surface area contributed by atoms with Crippen LogP contribution in [0.15, 0.2) is 0 Å². The van der Waals surface area contributed by atoms with E-state index in [1.54, 1.807) is 9.80 Å². The SMILES string of the molecule is CCC[C@H](N)C(=O)N1CCCCOC[C@@H](O)[C@@H](O)[C@H](OCCC(C)C)CN(C(C)=O)CC1. The Kier molecular flexibility index (Phi) is 14.0. The molecule has 188 valence electrons. The number of hydrogen-bond acceptors (Lipinski definition) is 7. The summed E-state index contributed by atoms with van der Waals surface area (Å²) in [4.78, 5) is 28.5. The molecule has 1 fully saturated rings. The molecule has 0 aliphatic carbocycles. The third kappa shape index (κ3) is 10.6. The Morgan fingerprint density at radius 2 is 1.81 bits per heavy atom. The first-order valence-electron chi connectivity index (χ1n) is 12.0. The van der Waals surface area contributed by atoms with Crippen LogP contribution in [-0.2, 0) is 19.1 Å². The lowest BCUT2D eigenvalue weighted by molar-refractivity contribution is -0.142. The van der Waals surface area contributed by atoms with Crippen LogP contribution in [0.5, 0.6) is 0 Å². The van der Waals surface area contributed by atoms with E-state index in [2.05, 4.69) is 13.8 Å². The Balaban J connectivity index is 2.98. The fraction of sp³-hybridized carbons (Fsp3) is 0.913. The van der Waals surface area contributed by atoms with Gasteiger partial charge in [0, 0.05) is 46.3 Å². The quantitative estimate of drug-likeness (QED) is 0.513. The van der Waals surface area contributed by atoms with E-state index < -0.39 is 24.4 Å². The van der Waals surface area contributed by atoms with Gasteiger partial charge in [0.05, 0.1) is 12.6 Å². The summed E-state index contributed by atoms with van der Waals surface area (Å²) in [5.41, 5.74) is 6.07. The van der Waals surface area contributed by atoms with Gasteiger partial charge in [-0.2, -0.15) is 0 Å². The molecule has 0 spiro atoms. The third-order valence-electron chi connectivity index (χ3n) is 5.77. The van der Waals surface area contributed by atoms with Crippen molar-refractivity contribution in [3.8, 4) is 0 Å². The third-order valence-corrected chi connectivity index (χ3v) is 5.77. The molecule has 2 amide bonds. The normalized spacial score (nSPS) is 25.4. The number of ether oxygens (including phenoxy) is 2. The highest BCUT2D eigenvalue weighted by Crippen LogP contribution is 2.13. The Bertz CT molecular complexity index is 548. The Morgan fingerprint density at radius 1 is 1.12 bits per heavy atom. The van der Waals surface area contributed by atoms with Crippen molar-refractivity contribution in [2.45, 2.75) is 84.2 Å². The minimum atomic E-state index is -1.19. The number of nitrogens with zero attached hydrogens (tertiary/aromatic N) is 2. The van der Waals surface area contributed by atoms with E-state index in [1.165, 1.54) is 6.92 Å².